The van der Waals surface area contributed by atoms with E-state index >= 15 is 48.3 Å². The standard InChI is InChI=1S/C66H43F5N2.C62H38F6N2/c67-65(68)57-41-51(45-17-9-3-10-18-45)29-39-61(57)72(53-31-21-47(22-32-53)43-13-5-1-6-14-43)59-37-27-49-26-36-56-60(38-28-50-25-35-55(59)63(49)64(50)56)73(54-33-23-48(24-34-54)44-15-7-2-8-16-44)62-40-30-52(42-58(62)66(69,70)71)46-19-11-4-12-20-46;63-61(64,65)51-37-45(39-13-3-1-4-14-39)29-35-57(51)69(53-23-11-19-41-17-7-9-21-47(41)53)55-33-27-43-26-32-50-56(34-28-44-25-31-49(55)59(43)60(44)50)70(54-24-12-20-42-18-8-10-22-48(42)54)58-36-30-46(38-52(58)62(66,67)68)40-15-5-2-6-16-40/h1-42,65H;1-38H/i3D,4D,9D,10D,11D,12D,17D,18D,19D,20D;1D,2D,3D,4D,5D,6D,13D,14D,15D,16D. The first-order valence-corrected chi connectivity index (χ1v) is 45.2. The maximum absolute atomic E-state index is 16.0. The molecule has 0 aromatic heterocycles. The van der Waals surface area contributed by atoms with Crippen molar-refractivity contribution in [1.29, 1.82) is 0 Å². The largest absolute Gasteiger partial charge is 0.418 e. The van der Waals surface area contributed by atoms with Crippen molar-refractivity contribution in [2.75, 3.05) is 19.6 Å². The Kier molecular flexibility index (Phi) is 17.7. The fourth-order valence-electron chi connectivity index (χ4n) is 19.6. The second-order valence-corrected chi connectivity index (χ2v) is 34.1. The van der Waals surface area contributed by atoms with Gasteiger partial charge in [-0.2, -0.15) is 39.5 Å². The van der Waals surface area contributed by atoms with Crippen LogP contribution in [0.1, 0.15) is 56.1 Å². The molecule has 24 rings (SSSR count). The molecule has 0 aliphatic heterocycles. The lowest BCUT2D eigenvalue weighted by atomic mass is 9.91. The van der Waals surface area contributed by atoms with Crippen molar-refractivity contribution in [3.05, 3.63) is 507 Å². The summed E-state index contributed by atoms with van der Waals surface area (Å²) in [6.07, 6.45) is -18.3. The van der Waals surface area contributed by atoms with E-state index in [2.05, 4.69) is 0 Å². The molecule has 24 aromatic carbocycles. The van der Waals surface area contributed by atoms with Crippen LogP contribution < -0.4 is 19.6 Å². The Morgan fingerprint density at radius 3 is 0.748 bits per heavy atom. The van der Waals surface area contributed by atoms with Crippen LogP contribution >= 0.6 is 0 Å². The maximum atomic E-state index is 16.0. The van der Waals surface area contributed by atoms with E-state index in [0.29, 0.717) is 115 Å². The third-order valence-electron chi connectivity index (χ3n) is 26.0. The van der Waals surface area contributed by atoms with Gasteiger partial charge in [-0.05, 0) is 230 Å². The highest BCUT2D eigenvalue weighted by Crippen LogP contribution is 2.57. The van der Waals surface area contributed by atoms with Crippen LogP contribution in [0.4, 0.5) is 117 Å². The van der Waals surface area contributed by atoms with Crippen molar-refractivity contribution in [3.8, 4) is 66.8 Å². The highest BCUT2D eigenvalue weighted by atomic mass is 19.4. The van der Waals surface area contributed by atoms with E-state index in [1.807, 2.05) is 127 Å². The maximum Gasteiger partial charge on any atom is 0.418 e. The second kappa shape index (κ2) is 36.6. The molecule has 24 aromatic rings. The summed E-state index contributed by atoms with van der Waals surface area (Å²) in [5.41, 5.74) is -0.990. The molecule has 0 bridgehead atoms. The molecule has 0 aliphatic carbocycles. The summed E-state index contributed by atoms with van der Waals surface area (Å²) >= 11 is 0. The molecule has 0 radical (unpaired) electrons. The van der Waals surface area contributed by atoms with Crippen LogP contribution in [0, 0.1) is 0 Å². The van der Waals surface area contributed by atoms with E-state index in [-0.39, 0.29) is 61.9 Å². The number of alkyl halides is 11. The molecule has 15 heteroatoms. The molecule has 143 heavy (non-hydrogen) atoms. The predicted molar refractivity (Wildman–Crippen MR) is 567 cm³/mol. The molecule has 0 fully saturated rings. The van der Waals surface area contributed by atoms with E-state index in [4.69, 9.17) is 27.4 Å². The van der Waals surface area contributed by atoms with Crippen molar-refractivity contribution < 1.29 is 75.7 Å². The monoisotopic (exact) mass is 1900 g/mol. The summed E-state index contributed by atoms with van der Waals surface area (Å²) in [7, 11) is 0. The summed E-state index contributed by atoms with van der Waals surface area (Å²) in [6, 6.07) is 87.6. The Labute approximate surface area is 844 Å². The first-order valence-electron chi connectivity index (χ1n) is 55.2. The molecule has 0 N–H and O–H groups in total. The molecule has 4 nitrogen and oxygen atoms in total. The van der Waals surface area contributed by atoms with Crippen LogP contribution in [-0.2, 0) is 18.5 Å². The zero-order valence-electron chi connectivity index (χ0n) is 94.7. The number of benzene rings is 24. The zero-order chi connectivity index (χ0) is 115. The average Bonchev–Trinajstić information content (AvgIpc) is 0.716. The van der Waals surface area contributed by atoms with E-state index in [1.54, 1.807) is 169 Å². The first-order chi connectivity index (χ1) is 78.0. The van der Waals surface area contributed by atoms with Crippen LogP contribution in [0.3, 0.4) is 0 Å². The van der Waals surface area contributed by atoms with Gasteiger partial charge < -0.3 is 19.6 Å². The minimum absolute atomic E-state index is 0.0139. The van der Waals surface area contributed by atoms with Crippen molar-refractivity contribution in [2.45, 2.75) is 25.0 Å². The summed E-state index contributed by atoms with van der Waals surface area (Å²) < 4.78 is 344. The van der Waals surface area contributed by atoms with Gasteiger partial charge in [0.25, 0.3) is 6.43 Å². The Hall–Kier alpha value is -17.7. The van der Waals surface area contributed by atoms with Crippen molar-refractivity contribution in [1.82, 2.24) is 0 Å². The highest BCUT2D eigenvalue weighted by molar-refractivity contribution is 6.30. The van der Waals surface area contributed by atoms with Gasteiger partial charge in [-0.1, -0.05) is 376 Å². The van der Waals surface area contributed by atoms with Gasteiger partial charge in [0.15, 0.2) is 0 Å². The summed E-state index contributed by atoms with van der Waals surface area (Å²) in [5.74, 6) is 0. The lowest BCUT2D eigenvalue weighted by Gasteiger charge is -2.32. The van der Waals surface area contributed by atoms with E-state index in [1.165, 1.54) is 63.2 Å². The molecule has 0 heterocycles. The van der Waals surface area contributed by atoms with Crippen molar-refractivity contribution in [3.63, 3.8) is 0 Å². The Morgan fingerprint density at radius 2 is 0.427 bits per heavy atom. The summed E-state index contributed by atoms with van der Waals surface area (Å²) in [4.78, 5) is 6.14. The van der Waals surface area contributed by atoms with Gasteiger partial charge in [0.2, 0.25) is 0 Å². The van der Waals surface area contributed by atoms with Crippen molar-refractivity contribution >= 4 is 154 Å². The van der Waals surface area contributed by atoms with Gasteiger partial charge in [0, 0.05) is 49.3 Å². The lowest BCUT2D eigenvalue weighted by molar-refractivity contribution is -0.137. The highest BCUT2D eigenvalue weighted by Gasteiger charge is 2.41. The molecule has 0 unspecified atom stereocenters. The van der Waals surface area contributed by atoms with Gasteiger partial charge in [-0.15, -0.1) is 0 Å². The van der Waals surface area contributed by atoms with Crippen LogP contribution in [0.2, 0.25) is 0 Å². The molecule has 0 saturated heterocycles. The second-order valence-electron chi connectivity index (χ2n) is 34.1. The van der Waals surface area contributed by atoms with Gasteiger partial charge in [0.1, 0.15) is 0 Å². The summed E-state index contributed by atoms with van der Waals surface area (Å²) in [5, 5.41) is 9.76. The lowest BCUT2D eigenvalue weighted by Crippen LogP contribution is -2.18. The first kappa shape index (κ1) is 69.2. The van der Waals surface area contributed by atoms with Crippen LogP contribution in [0.25, 0.3) is 153 Å². The average molecular weight is 1900 g/mol. The van der Waals surface area contributed by atoms with Crippen LogP contribution in [0.5, 0.6) is 0 Å². The minimum atomic E-state index is -5.08. The Bertz CT molecular complexity index is 9830. The predicted octanol–water partition coefficient (Wildman–Crippen LogP) is 39.3. The van der Waals surface area contributed by atoms with Gasteiger partial charge in [-0.25, -0.2) is 8.78 Å². The van der Waals surface area contributed by atoms with E-state index in [9.17, 15) is 0 Å². The molecule has 0 amide bonds. The Balaban J connectivity index is 0.000000175. The molecule has 0 saturated carbocycles. The fraction of sp³-hybridized carbons (Fsp3) is 0.0312. The SMILES string of the molecule is [2H]c1c([2H])c([2H])c(-c2ccc(N(c3ccc(-c4ccccc4)cc3)c3ccc4ccc5c(N(c6ccc(-c7ccccc7)cc6)c6ccc(-c7c([2H])c([2H])c([2H])c([2H])c7[2H])cc6C(F)(F)F)ccc6ccc3c4c65)c(C(F)F)c2)c([2H])c1[2H].[2H]c1c([2H])c([2H])c(-c2ccc(N(c3cccc4ccccc34)c3ccc4ccc5c(N(c6ccc(-c7c([2H])c([2H])c([2H])c([2H])c7[2H])cc6C(F)(F)F)c6cccc7ccccc67)ccc6ccc3c4c65)c(C(F)(F)F)c2)c([2H])c1[2H]. The Morgan fingerprint density at radius 1 is 0.182 bits per heavy atom. The molecule has 0 aliphatic rings. The summed E-state index contributed by atoms with van der Waals surface area (Å²) in [6.45, 7) is 0. The van der Waals surface area contributed by atoms with Crippen molar-refractivity contribution in [2.24, 2.45) is 0 Å². The normalized spacial score (nSPS) is 13.9. The molecule has 690 valence electrons. The number of hydrogen-bond acceptors (Lipinski definition) is 4. The minimum Gasteiger partial charge on any atom is -0.309 e. The number of nitrogens with zero attached hydrogens (tertiary/aromatic N) is 4. The van der Waals surface area contributed by atoms with Crippen LogP contribution in [-0.4, -0.2) is 0 Å². The zero-order valence-corrected chi connectivity index (χ0v) is 74.7. The number of hydrogen-bond donors (Lipinski definition) is 0. The number of rotatable bonds is 19. The van der Waals surface area contributed by atoms with Gasteiger partial charge >= 0.3 is 18.5 Å². The number of halogens is 11. The molecular formula is C128H81F11N4. The van der Waals surface area contributed by atoms with E-state index in [0.717, 1.165) is 51.9 Å². The molecular weight excluding hydrogens is 1800 g/mol. The van der Waals surface area contributed by atoms with Crippen LogP contribution in [0.15, 0.2) is 485 Å². The van der Waals surface area contributed by atoms with Gasteiger partial charge in [-0.3, -0.25) is 0 Å². The molecule has 0 atom stereocenters. The third kappa shape index (κ3) is 16.6. The fourth-order valence-corrected chi connectivity index (χ4v) is 19.6. The number of anilines is 12. The molecule has 0 spiro atoms. The number of fused-ring (bicyclic) bond motifs is 2. The quantitative estimate of drug-likeness (QED) is 0.0591. The third-order valence-corrected chi connectivity index (χ3v) is 26.0. The van der Waals surface area contributed by atoms with E-state index < -0.39 is 185 Å². The smallest absolute Gasteiger partial charge is 0.309 e. The van der Waals surface area contributed by atoms with Gasteiger partial charge in [0.05, 0.1) is 101 Å². The topological polar surface area (TPSA) is 13.0 Å².